The van der Waals surface area contributed by atoms with Gasteiger partial charge in [-0.1, -0.05) is 11.8 Å². The molecule has 0 amide bonds. The van der Waals surface area contributed by atoms with Crippen LogP contribution in [0.15, 0.2) is 11.4 Å². The SMILES string of the molecule is Cc1cn2c(n1)SC(C1CC1)N2C. The molecule has 2 heterocycles. The van der Waals surface area contributed by atoms with E-state index in [-0.39, 0.29) is 0 Å². The Labute approximate surface area is 82.1 Å². The van der Waals surface area contributed by atoms with E-state index in [0.717, 1.165) is 16.8 Å². The molecule has 70 valence electrons. The van der Waals surface area contributed by atoms with Gasteiger partial charge in [0.05, 0.1) is 11.9 Å². The Morgan fingerprint density at radius 2 is 2.31 bits per heavy atom. The minimum Gasteiger partial charge on any atom is -0.300 e. The third-order valence-corrected chi connectivity index (χ3v) is 4.16. The normalized spacial score (nSPS) is 26.6. The molecule has 1 unspecified atom stereocenters. The first-order valence-corrected chi connectivity index (χ1v) is 5.59. The maximum atomic E-state index is 4.49. The number of hydrogen-bond acceptors (Lipinski definition) is 3. The second-order valence-corrected chi connectivity index (χ2v) is 5.01. The van der Waals surface area contributed by atoms with Crippen molar-refractivity contribution in [2.24, 2.45) is 5.92 Å². The summed E-state index contributed by atoms with van der Waals surface area (Å²) >= 11 is 1.91. The van der Waals surface area contributed by atoms with Crippen molar-refractivity contribution < 1.29 is 0 Å². The molecule has 4 heteroatoms. The summed E-state index contributed by atoms with van der Waals surface area (Å²) in [5, 5.41) is 4.12. The van der Waals surface area contributed by atoms with Crippen LogP contribution in [0.2, 0.25) is 0 Å². The standard InChI is InChI=1S/C9H13N3S/c1-6-5-12-9(10-6)13-8(11(12)2)7-3-4-7/h5,7-8H,3-4H2,1-2H3. The Hall–Kier alpha value is -0.640. The Bertz CT molecular complexity index is 343. The van der Waals surface area contributed by atoms with E-state index in [1.807, 2.05) is 18.7 Å². The second kappa shape index (κ2) is 2.44. The molecule has 1 aromatic rings. The number of thioether (sulfide) groups is 1. The minimum absolute atomic E-state index is 0.642. The van der Waals surface area contributed by atoms with E-state index in [1.165, 1.54) is 12.8 Å². The van der Waals surface area contributed by atoms with Crippen LogP contribution >= 0.6 is 11.8 Å². The van der Waals surface area contributed by atoms with Crippen molar-refractivity contribution >= 4 is 11.8 Å². The fraction of sp³-hybridized carbons (Fsp3) is 0.667. The fourth-order valence-electron chi connectivity index (χ4n) is 1.86. The number of fused-ring (bicyclic) bond motifs is 1. The predicted molar refractivity (Wildman–Crippen MR) is 53.5 cm³/mol. The van der Waals surface area contributed by atoms with Gasteiger partial charge in [0.15, 0.2) is 5.16 Å². The number of rotatable bonds is 1. The molecule has 1 atom stereocenters. The molecule has 13 heavy (non-hydrogen) atoms. The topological polar surface area (TPSA) is 21.1 Å². The number of imidazole rings is 1. The van der Waals surface area contributed by atoms with Crippen molar-refractivity contribution in [1.29, 1.82) is 0 Å². The molecule has 0 radical (unpaired) electrons. The van der Waals surface area contributed by atoms with E-state index in [2.05, 4.69) is 27.9 Å². The second-order valence-electron chi connectivity index (χ2n) is 3.93. The molecule has 3 rings (SSSR count). The number of aromatic nitrogens is 2. The maximum absolute atomic E-state index is 4.49. The third-order valence-electron chi connectivity index (χ3n) is 2.74. The number of aryl methyl sites for hydroxylation is 1. The molecule has 1 saturated carbocycles. The van der Waals surface area contributed by atoms with Gasteiger partial charge in [-0.15, -0.1) is 0 Å². The molecule has 1 aliphatic carbocycles. The largest absolute Gasteiger partial charge is 0.300 e. The average Bonchev–Trinajstić information content (AvgIpc) is 2.79. The summed E-state index contributed by atoms with van der Waals surface area (Å²) in [6.45, 7) is 2.05. The number of hydrogen-bond donors (Lipinski definition) is 0. The van der Waals surface area contributed by atoms with E-state index in [1.54, 1.807) is 0 Å². The Morgan fingerprint density at radius 3 is 2.92 bits per heavy atom. The highest BCUT2D eigenvalue weighted by molar-refractivity contribution is 8.00. The van der Waals surface area contributed by atoms with Gasteiger partial charge in [-0.3, -0.25) is 0 Å². The van der Waals surface area contributed by atoms with Crippen LogP contribution in [-0.2, 0) is 0 Å². The summed E-state index contributed by atoms with van der Waals surface area (Å²) < 4.78 is 2.18. The van der Waals surface area contributed by atoms with Gasteiger partial charge in [-0.05, 0) is 25.7 Å². The fourth-order valence-corrected chi connectivity index (χ4v) is 3.28. The lowest BCUT2D eigenvalue weighted by Crippen LogP contribution is -2.34. The van der Waals surface area contributed by atoms with Crippen molar-refractivity contribution in [2.45, 2.75) is 30.3 Å². The summed E-state index contributed by atoms with van der Waals surface area (Å²) in [5.41, 5.74) is 1.11. The van der Waals surface area contributed by atoms with E-state index >= 15 is 0 Å². The van der Waals surface area contributed by atoms with Gasteiger partial charge in [-0.2, -0.15) is 0 Å². The summed E-state index contributed by atoms with van der Waals surface area (Å²) in [5.74, 6) is 0.900. The molecule has 0 saturated heterocycles. The summed E-state index contributed by atoms with van der Waals surface area (Å²) in [6.07, 6.45) is 4.91. The van der Waals surface area contributed by atoms with Gasteiger partial charge >= 0.3 is 0 Å². The van der Waals surface area contributed by atoms with Crippen molar-refractivity contribution in [1.82, 2.24) is 9.66 Å². The van der Waals surface area contributed by atoms with Gasteiger partial charge in [-0.25, -0.2) is 9.66 Å². The Morgan fingerprint density at radius 1 is 1.54 bits per heavy atom. The Balaban J connectivity index is 1.93. The van der Waals surface area contributed by atoms with Gasteiger partial charge in [0.2, 0.25) is 0 Å². The van der Waals surface area contributed by atoms with Gasteiger partial charge in [0.1, 0.15) is 5.37 Å². The van der Waals surface area contributed by atoms with Gasteiger partial charge < -0.3 is 5.01 Å². The van der Waals surface area contributed by atoms with Crippen LogP contribution in [0.5, 0.6) is 0 Å². The highest BCUT2D eigenvalue weighted by Crippen LogP contribution is 2.45. The molecular weight excluding hydrogens is 182 g/mol. The van der Waals surface area contributed by atoms with Crippen LogP contribution in [0.25, 0.3) is 0 Å². The maximum Gasteiger partial charge on any atom is 0.189 e. The van der Waals surface area contributed by atoms with Crippen LogP contribution in [0.1, 0.15) is 18.5 Å². The number of nitrogens with zero attached hydrogens (tertiary/aromatic N) is 3. The van der Waals surface area contributed by atoms with E-state index in [4.69, 9.17) is 0 Å². The van der Waals surface area contributed by atoms with Crippen LogP contribution < -0.4 is 5.01 Å². The zero-order chi connectivity index (χ0) is 9.00. The van der Waals surface area contributed by atoms with Crippen molar-refractivity contribution in [3.63, 3.8) is 0 Å². The van der Waals surface area contributed by atoms with Crippen LogP contribution in [0.3, 0.4) is 0 Å². The summed E-state index contributed by atoms with van der Waals surface area (Å²) in [6, 6.07) is 0. The van der Waals surface area contributed by atoms with Crippen LogP contribution in [0.4, 0.5) is 0 Å². The average molecular weight is 195 g/mol. The van der Waals surface area contributed by atoms with Crippen molar-refractivity contribution in [3.8, 4) is 0 Å². The first kappa shape index (κ1) is 7.74. The van der Waals surface area contributed by atoms with E-state index < -0.39 is 0 Å². The summed E-state index contributed by atoms with van der Waals surface area (Å²) in [7, 11) is 2.16. The molecule has 0 bridgehead atoms. The van der Waals surface area contributed by atoms with E-state index in [9.17, 15) is 0 Å². The van der Waals surface area contributed by atoms with Gasteiger partial charge in [0.25, 0.3) is 0 Å². The van der Waals surface area contributed by atoms with Crippen molar-refractivity contribution in [3.05, 3.63) is 11.9 Å². The molecule has 1 fully saturated rings. The zero-order valence-corrected chi connectivity index (χ0v) is 8.71. The molecule has 1 aliphatic heterocycles. The third kappa shape index (κ3) is 1.08. The lowest BCUT2D eigenvalue weighted by Gasteiger charge is -2.21. The molecule has 0 spiro atoms. The molecule has 0 aromatic carbocycles. The molecule has 3 nitrogen and oxygen atoms in total. The minimum atomic E-state index is 0.642. The molecule has 0 N–H and O–H groups in total. The molecular formula is C9H13N3S. The smallest absolute Gasteiger partial charge is 0.189 e. The Kier molecular flexibility index (Phi) is 1.45. The zero-order valence-electron chi connectivity index (χ0n) is 7.90. The monoisotopic (exact) mass is 195 g/mol. The summed E-state index contributed by atoms with van der Waals surface area (Å²) in [4.78, 5) is 4.49. The van der Waals surface area contributed by atoms with Crippen LogP contribution in [-0.4, -0.2) is 22.1 Å². The first-order valence-electron chi connectivity index (χ1n) is 4.71. The highest BCUT2D eigenvalue weighted by Gasteiger charge is 2.40. The lowest BCUT2D eigenvalue weighted by atomic mass is 10.4. The molecule has 1 aromatic heterocycles. The van der Waals surface area contributed by atoms with Crippen LogP contribution in [0, 0.1) is 12.8 Å². The predicted octanol–water partition coefficient (Wildman–Crippen LogP) is 1.60. The van der Waals surface area contributed by atoms with Gasteiger partial charge in [0, 0.05) is 7.05 Å². The van der Waals surface area contributed by atoms with E-state index in [0.29, 0.717) is 5.37 Å². The molecule has 2 aliphatic rings. The quantitative estimate of drug-likeness (QED) is 0.679. The van der Waals surface area contributed by atoms with Crippen molar-refractivity contribution in [2.75, 3.05) is 12.1 Å². The highest BCUT2D eigenvalue weighted by atomic mass is 32.2. The first-order chi connectivity index (χ1) is 6.25. The lowest BCUT2D eigenvalue weighted by molar-refractivity contribution is 0.575.